The molecule has 0 aliphatic heterocycles. The average molecular weight is 299 g/mol. The molecule has 106 valence electrons. The van der Waals surface area contributed by atoms with E-state index in [1.807, 2.05) is 36.4 Å². The number of hydrogen-bond acceptors (Lipinski definition) is 4. The summed E-state index contributed by atoms with van der Waals surface area (Å²) in [6.07, 6.45) is 1.19. The van der Waals surface area contributed by atoms with Gasteiger partial charge in [-0.1, -0.05) is 47.6 Å². The van der Waals surface area contributed by atoms with E-state index in [9.17, 15) is 8.42 Å². The van der Waals surface area contributed by atoms with Crippen LogP contribution in [0.1, 0.15) is 0 Å². The van der Waals surface area contributed by atoms with E-state index in [2.05, 4.69) is 5.16 Å². The molecule has 1 heterocycles. The lowest BCUT2D eigenvalue weighted by Crippen LogP contribution is -1.96. The summed E-state index contributed by atoms with van der Waals surface area (Å²) in [5.41, 5.74) is 2.44. The minimum Gasteiger partial charge on any atom is -0.356 e. The van der Waals surface area contributed by atoms with Crippen LogP contribution in [-0.2, 0) is 9.84 Å². The Balaban J connectivity index is 1.94. The van der Waals surface area contributed by atoms with Gasteiger partial charge in [0.05, 0.1) is 4.90 Å². The quantitative estimate of drug-likeness (QED) is 0.743. The first-order chi connectivity index (χ1) is 10.0. The zero-order valence-electron chi connectivity index (χ0n) is 11.4. The molecule has 4 nitrogen and oxygen atoms in total. The molecule has 0 saturated carbocycles. The summed E-state index contributed by atoms with van der Waals surface area (Å²) in [5.74, 6) is 0.679. The summed E-state index contributed by atoms with van der Waals surface area (Å²) in [7, 11) is -3.18. The van der Waals surface area contributed by atoms with Crippen molar-refractivity contribution in [3.63, 3.8) is 0 Å². The van der Waals surface area contributed by atoms with Gasteiger partial charge >= 0.3 is 0 Å². The van der Waals surface area contributed by atoms with E-state index in [0.717, 1.165) is 11.1 Å². The van der Waals surface area contributed by atoms with Gasteiger partial charge in [0.1, 0.15) is 5.69 Å². The summed E-state index contributed by atoms with van der Waals surface area (Å²) in [4.78, 5) is 0.290. The molecular weight excluding hydrogens is 286 g/mol. The Labute approximate surface area is 123 Å². The highest BCUT2D eigenvalue weighted by Crippen LogP contribution is 2.26. The van der Waals surface area contributed by atoms with E-state index in [0.29, 0.717) is 11.5 Å². The SMILES string of the molecule is CS(=O)(=O)c1ccc(-c2cc(-c3ccccc3)on2)cc1. The predicted octanol–water partition coefficient (Wildman–Crippen LogP) is 3.41. The van der Waals surface area contributed by atoms with Crippen molar-refractivity contribution in [2.75, 3.05) is 6.26 Å². The molecule has 0 N–H and O–H groups in total. The highest BCUT2D eigenvalue weighted by molar-refractivity contribution is 7.90. The van der Waals surface area contributed by atoms with Gasteiger partial charge in [0, 0.05) is 23.4 Å². The molecule has 0 radical (unpaired) electrons. The van der Waals surface area contributed by atoms with E-state index in [1.165, 1.54) is 6.26 Å². The summed E-state index contributed by atoms with van der Waals surface area (Å²) in [6.45, 7) is 0. The molecule has 0 aliphatic carbocycles. The molecule has 0 fully saturated rings. The van der Waals surface area contributed by atoms with Crippen molar-refractivity contribution >= 4 is 9.84 Å². The monoisotopic (exact) mass is 299 g/mol. The molecule has 21 heavy (non-hydrogen) atoms. The predicted molar refractivity (Wildman–Crippen MR) is 80.5 cm³/mol. The molecule has 3 aromatic rings. The van der Waals surface area contributed by atoms with Crippen LogP contribution in [0.2, 0.25) is 0 Å². The first-order valence-electron chi connectivity index (χ1n) is 6.37. The van der Waals surface area contributed by atoms with Crippen LogP contribution in [0.25, 0.3) is 22.6 Å². The van der Waals surface area contributed by atoms with Gasteiger partial charge in [0.25, 0.3) is 0 Å². The third-order valence-electron chi connectivity index (χ3n) is 3.15. The number of aromatic nitrogens is 1. The van der Waals surface area contributed by atoms with Crippen LogP contribution >= 0.6 is 0 Å². The lowest BCUT2D eigenvalue weighted by Gasteiger charge is -1.99. The summed E-state index contributed by atoms with van der Waals surface area (Å²) in [5, 5.41) is 4.03. The van der Waals surface area contributed by atoms with Gasteiger partial charge in [-0.15, -0.1) is 0 Å². The first-order valence-corrected chi connectivity index (χ1v) is 8.26. The molecule has 5 heteroatoms. The van der Waals surface area contributed by atoms with Crippen LogP contribution in [0.5, 0.6) is 0 Å². The van der Waals surface area contributed by atoms with Crippen molar-refractivity contribution in [2.24, 2.45) is 0 Å². The largest absolute Gasteiger partial charge is 0.356 e. The van der Waals surface area contributed by atoms with E-state index >= 15 is 0 Å². The Morgan fingerprint density at radius 3 is 2.19 bits per heavy atom. The fourth-order valence-corrected chi connectivity index (χ4v) is 2.65. The highest BCUT2D eigenvalue weighted by atomic mass is 32.2. The maximum atomic E-state index is 11.4. The van der Waals surface area contributed by atoms with E-state index < -0.39 is 9.84 Å². The zero-order valence-corrected chi connectivity index (χ0v) is 12.2. The molecule has 0 unspecified atom stereocenters. The van der Waals surface area contributed by atoms with Crippen LogP contribution in [0.15, 0.2) is 70.1 Å². The Hall–Kier alpha value is -2.40. The molecular formula is C16H13NO3S. The zero-order chi connectivity index (χ0) is 14.9. The van der Waals surface area contributed by atoms with Crippen molar-refractivity contribution in [3.05, 3.63) is 60.7 Å². The Morgan fingerprint density at radius 2 is 1.57 bits per heavy atom. The van der Waals surface area contributed by atoms with Crippen molar-refractivity contribution in [1.29, 1.82) is 0 Å². The molecule has 3 rings (SSSR count). The van der Waals surface area contributed by atoms with Crippen LogP contribution in [0.3, 0.4) is 0 Å². The third-order valence-corrected chi connectivity index (χ3v) is 4.28. The first kappa shape index (κ1) is 13.6. The van der Waals surface area contributed by atoms with Gasteiger partial charge < -0.3 is 4.52 Å². The maximum Gasteiger partial charge on any atom is 0.175 e. The summed E-state index contributed by atoms with van der Waals surface area (Å²) in [6, 6.07) is 18.1. The normalized spacial score (nSPS) is 11.5. The van der Waals surface area contributed by atoms with Crippen molar-refractivity contribution in [2.45, 2.75) is 4.90 Å². The Bertz CT molecular complexity index is 850. The minimum atomic E-state index is -3.18. The lowest BCUT2D eigenvalue weighted by molar-refractivity contribution is 0.435. The second kappa shape index (κ2) is 5.18. The second-order valence-electron chi connectivity index (χ2n) is 4.74. The van der Waals surface area contributed by atoms with E-state index in [4.69, 9.17) is 4.52 Å². The fraction of sp³-hybridized carbons (Fsp3) is 0.0625. The second-order valence-corrected chi connectivity index (χ2v) is 6.75. The molecule has 0 amide bonds. The van der Waals surface area contributed by atoms with Crippen LogP contribution in [0.4, 0.5) is 0 Å². The average Bonchev–Trinajstić information content (AvgIpc) is 2.97. The smallest absolute Gasteiger partial charge is 0.175 e. The topological polar surface area (TPSA) is 60.2 Å². The van der Waals surface area contributed by atoms with Gasteiger partial charge in [0.15, 0.2) is 15.6 Å². The minimum absolute atomic E-state index is 0.290. The van der Waals surface area contributed by atoms with Crippen molar-refractivity contribution in [3.8, 4) is 22.6 Å². The van der Waals surface area contributed by atoms with E-state index in [-0.39, 0.29) is 4.90 Å². The molecule has 0 saturated heterocycles. The maximum absolute atomic E-state index is 11.4. The van der Waals surface area contributed by atoms with Crippen molar-refractivity contribution in [1.82, 2.24) is 5.16 Å². The highest BCUT2D eigenvalue weighted by Gasteiger charge is 2.10. The molecule has 1 aromatic heterocycles. The van der Waals surface area contributed by atoms with Crippen molar-refractivity contribution < 1.29 is 12.9 Å². The van der Waals surface area contributed by atoms with Crippen LogP contribution in [0, 0.1) is 0 Å². The number of sulfone groups is 1. The number of hydrogen-bond donors (Lipinski definition) is 0. The summed E-state index contributed by atoms with van der Waals surface area (Å²) >= 11 is 0. The molecule has 0 aliphatic rings. The third kappa shape index (κ3) is 2.87. The van der Waals surface area contributed by atoms with Crippen LogP contribution < -0.4 is 0 Å². The summed E-state index contributed by atoms with van der Waals surface area (Å²) < 4.78 is 28.2. The molecule has 0 spiro atoms. The number of nitrogens with zero attached hydrogens (tertiary/aromatic N) is 1. The van der Waals surface area contributed by atoms with Gasteiger partial charge in [0.2, 0.25) is 0 Å². The van der Waals surface area contributed by atoms with Gasteiger partial charge in [-0.25, -0.2) is 8.42 Å². The van der Waals surface area contributed by atoms with Crippen LogP contribution in [-0.4, -0.2) is 19.8 Å². The van der Waals surface area contributed by atoms with Gasteiger partial charge in [-0.05, 0) is 12.1 Å². The molecule has 0 bridgehead atoms. The molecule has 2 aromatic carbocycles. The lowest BCUT2D eigenvalue weighted by atomic mass is 10.1. The molecule has 0 atom stereocenters. The van der Waals surface area contributed by atoms with Gasteiger partial charge in [-0.2, -0.15) is 0 Å². The number of rotatable bonds is 3. The number of benzene rings is 2. The standard InChI is InChI=1S/C16H13NO3S/c1-21(18,19)14-9-7-12(8-10-14)15-11-16(20-17-15)13-5-3-2-4-6-13/h2-11H,1H3. The Kier molecular flexibility index (Phi) is 3.35. The van der Waals surface area contributed by atoms with Gasteiger partial charge in [-0.3, -0.25) is 0 Å². The fourth-order valence-electron chi connectivity index (χ4n) is 2.02. The Morgan fingerprint density at radius 1 is 0.905 bits per heavy atom. The van der Waals surface area contributed by atoms with E-state index in [1.54, 1.807) is 24.3 Å².